The maximum atomic E-state index is 5.56. The van der Waals surface area contributed by atoms with Crippen LogP contribution in [0.3, 0.4) is 0 Å². The molecule has 2 rings (SSSR count). The van der Waals surface area contributed by atoms with E-state index in [4.69, 9.17) is 4.74 Å². The summed E-state index contributed by atoms with van der Waals surface area (Å²) in [5, 5.41) is 6.73. The van der Waals surface area contributed by atoms with Crippen LogP contribution in [0, 0.1) is 6.92 Å². The molecule has 2 N–H and O–H groups in total. The summed E-state index contributed by atoms with van der Waals surface area (Å²) in [6.07, 6.45) is 3.26. The highest BCUT2D eigenvalue weighted by atomic mass is 16.5. The SMILES string of the molecule is CCCNc1nc(C)cc(NC2(C)CCCOC2)n1. The number of hydrogen-bond acceptors (Lipinski definition) is 5. The lowest BCUT2D eigenvalue weighted by Crippen LogP contribution is -2.43. The summed E-state index contributed by atoms with van der Waals surface area (Å²) in [5.41, 5.74) is 0.942. The van der Waals surface area contributed by atoms with Crippen molar-refractivity contribution in [2.45, 2.75) is 45.6 Å². The van der Waals surface area contributed by atoms with Crippen LogP contribution in [0.1, 0.15) is 38.8 Å². The van der Waals surface area contributed by atoms with Gasteiger partial charge in [-0.3, -0.25) is 0 Å². The Hall–Kier alpha value is -1.36. The molecule has 0 aromatic carbocycles. The zero-order valence-electron chi connectivity index (χ0n) is 12.1. The molecule has 0 spiro atoms. The van der Waals surface area contributed by atoms with E-state index in [1.165, 1.54) is 0 Å². The first-order chi connectivity index (χ1) is 9.11. The van der Waals surface area contributed by atoms with Gasteiger partial charge in [-0.05, 0) is 33.1 Å². The van der Waals surface area contributed by atoms with Gasteiger partial charge in [0.05, 0.1) is 12.1 Å². The van der Waals surface area contributed by atoms with Gasteiger partial charge in [-0.15, -0.1) is 0 Å². The number of rotatable bonds is 5. The fourth-order valence-corrected chi connectivity index (χ4v) is 2.29. The summed E-state index contributed by atoms with van der Waals surface area (Å²) in [6, 6.07) is 1.98. The lowest BCUT2D eigenvalue weighted by Gasteiger charge is -2.34. The van der Waals surface area contributed by atoms with Crippen molar-refractivity contribution in [3.05, 3.63) is 11.8 Å². The van der Waals surface area contributed by atoms with Crippen molar-refractivity contribution in [1.82, 2.24) is 9.97 Å². The van der Waals surface area contributed by atoms with Gasteiger partial charge in [0, 0.05) is 24.9 Å². The Morgan fingerprint density at radius 3 is 2.95 bits per heavy atom. The predicted octanol–water partition coefficient (Wildman–Crippen LogP) is 2.59. The average molecular weight is 264 g/mol. The lowest BCUT2D eigenvalue weighted by atomic mass is 9.95. The zero-order chi connectivity index (χ0) is 13.7. The number of ether oxygens (including phenoxy) is 1. The second kappa shape index (κ2) is 6.19. The molecule has 106 valence electrons. The summed E-state index contributed by atoms with van der Waals surface area (Å²) in [5.74, 6) is 1.57. The monoisotopic (exact) mass is 264 g/mol. The van der Waals surface area contributed by atoms with Crippen LogP contribution in [0.25, 0.3) is 0 Å². The van der Waals surface area contributed by atoms with E-state index in [0.717, 1.165) is 50.5 Å². The second-order valence-electron chi connectivity index (χ2n) is 5.49. The van der Waals surface area contributed by atoms with Gasteiger partial charge in [0.25, 0.3) is 0 Å². The van der Waals surface area contributed by atoms with Gasteiger partial charge in [-0.1, -0.05) is 6.92 Å². The summed E-state index contributed by atoms with van der Waals surface area (Å²) in [4.78, 5) is 8.92. The number of aryl methyl sites for hydroxylation is 1. The molecule has 2 heterocycles. The van der Waals surface area contributed by atoms with Crippen LogP contribution >= 0.6 is 0 Å². The minimum atomic E-state index is -0.0267. The number of nitrogens with one attached hydrogen (secondary N) is 2. The van der Waals surface area contributed by atoms with E-state index in [0.29, 0.717) is 5.95 Å². The van der Waals surface area contributed by atoms with Gasteiger partial charge in [0.1, 0.15) is 5.82 Å². The molecular weight excluding hydrogens is 240 g/mol. The highest BCUT2D eigenvalue weighted by Gasteiger charge is 2.27. The van der Waals surface area contributed by atoms with Crippen molar-refractivity contribution in [1.29, 1.82) is 0 Å². The zero-order valence-corrected chi connectivity index (χ0v) is 12.1. The molecule has 1 aliphatic rings. The normalized spacial score (nSPS) is 23.1. The smallest absolute Gasteiger partial charge is 0.224 e. The van der Waals surface area contributed by atoms with E-state index in [9.17, 15) is 0 Å². The topological polar surface area (TPSA) is 59.1 Å². The molecule has 0 radical (unpaired) electrons. The molecule has 5 heteroatoms. The van der Waals surface area contributed by atoms with Crippen LogP contribution in [0.15, 0.2) is 6.07 Å². The molecule has 0 aliphatic carbocycles. The van der Waals surface area contributed by atoms with Gasteiger partial charge in [-0.2, -0.15) is 4.98 Å². The first-order valence-corrected chi connectivity index (χ1v) is 7.07. The molecule has 1 fully saturated rings. The fourth-order valence-electron chi connectivity index (χ4n) is 2.29. The average Bonchev–Trinajstić information content (AvgIpc) is 2.36. The molecular formula is C14H24N4O. The maximum absolute atomic E-state index is 5.56. The highest BCUT2D eigenvalue weighted by molar-refractivity contribution is 5.44. The summed E-state index contributed by atoms with van der Waals surface area (Å²) < 4.78 is 5.56. The van der Waals surface area contributed by atoms with Crippen molar-refractivity contribution in [3.8, 4) is 0 Å². The van der Waals surface area contributed by atoms with Crippen molar-refractivity contribution in [2.75, 3.05) is 30.4 Å². The van der Waals surface area contributed by atoms with Gasteiger partial charge in [-0.25, -0.2) is 4.98 Å². The van der Waals surface area contributed by atoms with Crippen molar-refractivity contribution in [2.24, 2.45) is 0 Å². The minimum absolute atomic E-state index is 0.0267. The van der Waals surface area contributed by atoms with Crippen LogP contribution in [0.4, 0.5) is 11.8 Å². The Morgan fingerprint density at radius 1 is 1.42 bits per heavy atom. The van der Waals surface area contributed by atoms with Gasteiger partial charge >= 0.3 is 0 Å². The van der Waals surface area contributed by atoms with E-state index in [-0.39, 0.29) is 5.54 Å². The first kappa shape index (κ1) is 14.1. The second-order valence-corrected chi connectivity index (χ2v) is 5.49. The quantitative estimate of drug-likeness (QED) is 0.856. The van der Waals surface area contributed by atoms with Gasteiger partial charge in [0.15, 0.2) is 0 Å². The van der Waals surface area contributed by atoms with E-state index >= 15 is 0 Å². The standard InChI is InChI=1S/C14H24N4O/c1-4-7-15-13-16-11(2)9-12(17-13)18-14(3)6-5-8-19-10-14/h9H,4-8,10H2,1-3H3,(H2,15,16,17,18). The summed E-state index contributed by atoms with van der Waals surface area (Å²) >= 11 is 0. The molecule has 5 nitrogen and oxygen atoms in total. The molecule has 1 aromatic heterocycles. The Bertz CT molecular complexity index is 416. The van der Waals surface area contributed by atoms with E-state index in [1.807, 2.05) is 13.0 Å². The molecule has 1 unspecified atom stereocenters. The summed E-state index contributed by atoms with van der Waals surface area (Å²) in [6.45, 7) is 8.79. The summed E-state index contributed by atoms with van der Waals surface area (Å²) in [7, 11) is 0. The Morgan fingerprint density at radius 2 is 2.26 bits per heavy atom. The third kappa shape index (κ3) is 4.06. The third-order valence-electron chi connectivity index (χ3n) is 3.26. The fraction of sp³-hybridized carbons (Fsp3) is 0.714. The van der Waals surface area contributed by atoms with Crippen LogP contribution in [-0.4, -0.2) is 35.3 Å². The maximum Gasteiger partial charge on any atom is 0.224 e. The molecule has 1 aliphatic heterocycles. The number of hydrogen-bond donors (Lipinski definition) is 2. The van der Waals surface area contributed by atoms with Crippen LogP contribution in [-0.2, 0) is 4.74 Å². The van der Waals surface area contributed by atoms with Crippen LogP contribution < -0.4 is 10.6 Å². The van der Waals surface area contributed by atoms with E-state index in [2.05, 4.69) is 34.4 Å². The van der Waals surface area contributed by atoms with E-state index in [1.54, 1.807) is 0 Å². The molecule has 0 saturated carbocycles. The van der Waals surface area contributed by atoms with E-state index < -0.39 is 0 Å². The Balaban J connectivity index is 2.08. The molecule has 19 heavy (non-hydrogen) atoms. The Kier molecular flexibility index (Phi) is 4.58. The first-order valence-electron chi connectivity index (χ1n) is 7.07. The van der Waals surface area contributed by atoms with Crippen molar-refractivity contribution >= 4 is 11.8 Å². The van der Waals surface area contributed by atoms with Crippen molar-refractivity contribution in [3.63, 3.8) is 0 Å². The highest BCUT2D eigenvalue weighted by Crippen LogP contribution is 2.23. The number of aromatic nitrogens is 2. The Labute approximate surface area is 115 Å². The third-order valence-corrected chi connectivity index (χ3v) is 3.26. The number of anilines is 2. The van der Waals surface area contributed by atoms with Gasteiger partial charge < -0.3 is 15.4 Å². The minimum Gasteiger partial charge on any atom is -0.379 e. The predicted molar refractivity (Wildman–Crippen MR) is 77.6 cm³/mol. The molecule has 0 amide bonds. The molecule has 0 bridgehead atoms. The molecule has 1 aromatic rings. The largest absolute Gasteiger partial charge is 0.379 e. The lowest BCUT2D eigenvalue weighted by molar-refractivity contribution is 0.0539. The molecule has 1 saturated heterocycles. The number of nitrogens with zero attached hydrogens (tertiary/aromatic N) is 2. The molecule has 1 atom stereocenters. The van der Waals surface area contributed by atoms with Crippen molar-refractivity contribution < 1.29 is 4.74 Å². The van der Waals surface area contributed by atoms with Crippen LogP contribution in [0.2, 0.25) is 0 Å². The van der Waals surface area contributed by atoms with Crippen LogP contribution in [0.5, 0.6) is 0 Å². The van der Waals surface area contributed by atoms with Gasteiger partial charge in [0.2, 0.25) is 5.95 Å².